The van der Waals surface area contributed by atoms with Crippen molar-refractivity contribution in [3.63, 3.8) is 0 Å². The summed E-state index contributed by atoms with van der Waals surface area (Å²) in [6, 6.07) is 13.9. The molecule has 0 spiro atoms. The number of rotatable bonds is 6. The number of amides is 1. The lowest BCUT2D eigenvalue weighted by Crippen LogP contribution is -2.29. The Labute approximate surface area is 161 Å². The molecule has 140 valence electrons. The number of sulfonamides is 1. The topological polar surface area (TPSA) is 90.3 Å². The van der Waals surface area contributed by atoms with Crippen molar-refractivity contribution in [1.82, 2.24) is 14.5 Å². The molecule has 7 nitrogen and oxygen atoms in total. The monoisotopic (exact) mass is 405 g/mol. The minimum atomic E-state index is -3.64. The van der Waals surface area contributed by atoms with E-state index in [1.165, 1.54) is 18.2 Å². The van der Waals surface area contributed by atoms with E-state index in [-0.39, 0.29) is 17.2 Å². The molecule has 0 aliphatic rings. The molecule has 0 aliphatic carbocycles. The summed E-state index contributed by atoms with van der Waals surface area (Å²) in [5, 5.41) is 4.38. The molecule has 1 amide bonds. The van der Waals surface area contributed by atoms with Gasteiger partial charge in [0.1, 0.15) is 12.4 Å². The zero-order chi connectivity index (χ0) is 19.4. The Morgan fingerprint density at radius 1 is 1.22 bits per heavy atom. The Bertz CT molecular complexity index is 1050. The molecule has 0 unspecified atom stereocenters. The third kappa shape index (κ3) is 5.08. The second kappa shape index (κ2) is 7.81. The van der Waals surface area contributed by atoms with Crippen LogP contribution in [0.25, 0.3) is 5.69 Å². The van der Waals surface area contributed by atoms with Gasteiger partial charge in [0.25, 0.3) is 5.91 Å². The molecular weight excluding hydrogens is 390 g/mol. The van der Waals surface area contributed by atoms with Crippen LogP contribution in [-0.4, -0.2) is 30.4 Å². The lowest BCUT2D eigenvalue weighted by atomic mass is 10.2. The van der Waals surface area contributed by atoms with Gasteiger partial charge in [-0.25, -0.2) is 17.8 Å². The lowest BCUT2D eigenvalue weighted by molar-refractivity contribution is 0.0981. The molecule has 3 aromatic rings. The third-order valence-corrected chi connectivity index (χ3v) is 4.42. The Kier molecular flexibility index (Phi) is 5.48. The smallest absolute Gasteiger partial charge is 0.264 e. The maximum atomic E-state index is 11.8. The average molecular weight is 406 g/mol. The molecule has 2 aromatic carbocycles. The van der Waals surface area contributed by atoms with Crippen molar-refractivity contribution in [3.05, 3.63) is 77.1 Å². The van der Waals surface area contributed by atoms with Gasteiger partial charge in [-0.2, -0.15) is 5.10 Å². The number of carbonyl (C=O) groups excluding carboxylic acids is 1. The second-order valence-corrected chi connectivity index (χ2v) is 7.91. The Morgan fingerprint density at radius 2 is 1.96 bits per heavy atom. The standard InChI is InChI=1S/C18H16ClN3O4S/c1-27(24,25)21-18(23)14-5-8-17(16(19)11-14)26-12-13-3-6-15(7-4-13)22-10-2-9-20-22/h2-11H,12H2,1H3,(H,21,23). The lowest BCUT2D eigenvalue weighted by Gasteiger charge is -2.10. The number of halogens is 1. The minimum Gasteiger partial charge on any atom is -0.487 e. The first-order valence-electron chi connectivity index (χ1n) is 7.85. The summed E-state index contributed by atoms with van der Waals surface area (Å²) in [6.07, 6.45) is 4.47. The van der Waals surface area contributed by atoms with Crippen LogP contribution in [0.4, 0.5) is 0 Å². The van der Waals surface area contributed by atoms with Crippen molar-refractivity contribution < 1.29 is 17.9 Å². The fourth-order valence-corrected chi connectivity index (χ4v) is 3.00. The zero-order valence-corrected chi connectivity index (χ0v) is 15.9. The average Bonchev–Trinajstić information content (AvgIpc) is 3.14. The first kappa shape index (κ1) is 18.9. The molecule has 0 atom stereocenters. The van der Waals surface area contributed by atoms with E-state index in [0.717, 1.165) is 17.5 Å². The molecule has 0 saturated carbocycles. The van der Waals surface area contributed by atoms with Gasteiger partial charge >= 0.3 is 0 Å². The fraction of sp³-hybridized carbons (Fsp3) is 0.111. The highest BCUT2D eigenvalue weighted by Gasteiger charge is 2.13. The highest BCUT2D eigenvalue weighted by Crippen LogP contribution is 2.26. The van der Waals surface area contributed by atoms with Gasteiger partial charge in [0.15, 0.2) is 0 Å². The first-order valence-corrected chi connectivity index (χ1v) is 10.1. The van der Waals surface area contributed by atoms with Gasteiger partial charge in [-0.05, 0) is 42.0 Å². The van der Waals surface area contributed by atoms with Crippen molar-refractivity contribution in [2.75, 3.05) is 6.26 Å². The van der Waals surface area contributed by atoms with Crippen LogP contribution in [0.3, 0.4) is 0 Å². The van der Waals surface area contributed by atoms with Crippen LogP contribution in [-0.2, 0) is 16.6 Å². The maximum absolute atomic E-state index is 11.8. The summed E-state index contributed by atoms with van der Waals surface area (Å²) < 4.78 is 31.6. The minimum absolute atomic E-state index is 0.126. The van der Waals surface area contributed by atoms with Gasteiger partial charge in [0.2, 0.25) is 10.0 Å². The summed E-state index contributed by atoms with van der Waals surface area (Å²) >= 11 is 6.14. The Balaban J connectivity index is 1.65. The van der Waals surface area contributed by atoms with Gasteiger partial charge in [-0.3, -0.25) is 4.79 Å². The molecular formula is C18H16ClN3O4S. The van der Waals surface area contributed by atoms with Gasteiger partial charge in [-0.1, -0.05) is 23.7 Å². The van der Waals surface area contributed by atoms with Crippen LogP contribution < -0.4 is 9.46 Å². The van der Waals surface area contributed by atoms with E-state index in [0.29, 0.717) is 5.75 Å². The van der Waals surface area contributed by atoms with E-state index in [2.05, 4.69) is 5.10 Å². The van der Waals surface area contributed by atoms with E-state index < -0.39 is 15.9 Å². The first-order chi connectivity index (χ1) is 12.8. The molecule has 1 N–H and O–H groups in total. The van der Waals surface area contributed by atoms with Gasteiger partial charge in [0.05, 0.1) is 17.0 Å². The van der Waals surface area contributed by atoms with Crippen LogP contribution in [0.1, 0.15) is 15.9 Å². The molecule has 0 aliphatic heterocycles. The van der Waals surface area contributed by atoms with Gasteiger partial charge < -0.3 is 4.74 Å². The van der Waals surface area contributed by atoms with Crippen LogP contribution >= 0.6 is 11.6 Å². The number of benzene rings is 2. The van der Waals surface area contributed by atoms with E-state index in [9.17, 15) is 13.2 Å². The number of nitrogens with zero attached hydrogens (tertiary/aromatic N) is 2. The number of aromatic nitrogens is 2. The maximum Gasteiger partial charge on any atom is 0.264 e. The van der Waals surface area contributed by atoms with Gasteiger partial charge in [0, 0.05) is 18.0 Å². The highest BCUT2D eigenvalue weighted by molar-refractivity contribution is 7.89. The molecule has 0 fully saturated rings. The van der Waals surface area contributed by atoms with Crippen molar-refractivity contribution in [2.24, 2.45) is 0 Å². The molecule has 3 rings (SSSR count). The number of nitrogens with one attached hydrogen (secondary N) is 1. The van der Waals surface area contributed by atoms with E-state index in [4.69, 9.17) is 16.3 Å². The summed E-state index contributed by atoms with van der Waals surface area (Å²) in [7, 11) is -3.64. The molecule has 0 radical (unpaired) electrons. The van der Waals surface area contributed by atoms with Crippen molar-refractivity contribution in [2.45, 2.75) is 6.61 Å². The van der Waals surface area contributed by atoms with Crippen LogP contribution in [0, 0.1) is 0 Å². The van der Waals surface area contributed by atoms with E-state index >= 15 is 0 Å². The zero-order valence-electron chi connectivity index (χ0n) is 14.3. The molecule has 1 aromatic heterocycles. The highest BCUT2D eigenvalue weighted by atomic mass is 35.5. The number of hydrogen-bond acceptors (Lipinski definition) is 5. The van der Waals surface area contributed by atoms with E-state index in [1.54, 1.807) is 10.9 Å². The predicted octanol–water partition coefficient (Wildman–Crippen LogP) is 2.79. The summed E-state index contributed by atoms with van der Waals surface area (Å²) in [4.78, 5) is 11.8. The molecule has 0 bridgehead atoms. The van der Waals surface area contributed by atoms with Crippen molar-refractivity contribution in [1.29, 1.82) is 0 Å². The fourth-order valence-electron chi connectivity index (χ4n) is 2.31. The third-order valence-electron chi connectivity index (χ3n) is 3.57. The summed E-state index contributed by atoms with van der Waals surface area (Å²) in [5.41, 5.74) is 1.99. The molecule has 1 heterocycles. The molecule has 27 heavy (non-hydrogen) atoms. The largest absolute Gasteiger partial charge is 0.487 e. The van der Waals surface area contributed by atoms with Gasteiger partial charge in [-0.15, -0.1) is 0 Å². The molecule has 0 saturated heterocycles. The van der Waals surface area contributed by atoms with Crippen LogP contribution in [0.5, 0.6) is 5.75 Å². The number of hydrogen-bond donors (Lipinski definition) is 1. The Hall–Kier alpha value is -2.84. The number of ether oxygens (including phenoxy) is 1. The quantitative estimate of drug-likeness (QED) is 0.681. The summed E-state index contributed by atoms with van der Waals surface area (Å²) in [6.45, 7) is 0.286. The summed E-state index contributed by atoms with van der Waals surface area (Å²) in [5.74, 6) is -0.358. The van der Waals surface area contributed by atoms with Crippen molar-refractivity contribution >= 4 is 27.5 Å². The normalized spacial score (nSPS) is 11.2. The van der Waals surface area contributed by atoms with Crippen LogP contribution in [0.2, 0.25) is 5.02 Å². The Morgan fingerprint density at radius 3 is 2.56 bits per heavy atom. The SMILES string of the molecule is CS(=O)(=O)NC(=O)c1ccc(OCc2ccc(-n3cccn3)cc2)c(Cl)c1. The van der Waals surface area contributed by atoms with Crippen LogP contribution in [0.15, 0.2) is 60.9 Å². The van der Waals surface area contributed by atoms with E-state index in [1.807, 2.05) is 41.3 Å². The predicted molar refractivity (Wildman–Crippen MR) is 102 cm³/mol. The molecule has 9 heteroatoms. The second-order valence-electron chi connectivity index (χ2n) is 5.75. The number of carbonyl (C=O) groups is 1. The van der Waals surface area contributed by atoms with Crippen molar-refractivity contribution in [3.8, 4) is 11.4 Å².